The molecule has 0 fully saturated rings. The van der Waals surface area contributed by atoms with Gasteiger partial charge in [-0.1, -0.05) is 85.7 Å². The van der Waals surface area contributed by atoms with E-state index >= 15 is 0 Å². The van der Waals surface area contributed by atoms with Crippen molar-refractivity contribution in [2.75, 3.05) is 0 Å². The van der Waals surface area contributed by atoms with Crippen LogP contribution in [0.3, 0.4) is 0 Å². The van der Waals surface area contributed by atoms with E-state index in [-0.39, 0.29) is 16.2 Å². The molecular formula is C45H42N4O. The lowest BCUT2D eigenvalue weighted by molar-refractivity contribution is 0.479. The summed E-state index contributed by atoms with van der Waals surface area (Å²) in [4.78, 5) is 9.84. The number of ether oxygens (including phenoxy) is 1. The van der Waals surface area contributed by atoms with Crippen LogP contribution in [0, 0.1) is 0 Å². The van der Waals surface area contributed by atoms with Gasteiger partial charge in [0.25, 0.3) is 0 Å². The van der Waals surface area contributed by atoms with E-state index in [2.05, 4.69) is 156 Å². The average molecular weight is 655 g/mol. The van der Waals surface area contributed by atoms with Gasteiger partial charge in [0.2, 0.25) is 0 Å². The summed E-state index contributed by atoms with van der Waals surface area (Å²) in [5.41, 5.74) is 10.2. The van der Waals surface area contributed by atoms with Gasteiger partial charge in [0.15, 0.2) is 0 Å². The summed E-state index contributed by atoms with van der Waals surface area (Å²) < 4.78 is 11.5. The molecule has 0 unspecified atom stereocenters. The van der Waals surface area contributed by atoms with Crippen LogP contribution in [0.1, 0.15) is 77.6 Å². The maximum Gasteiger partial charge on any atom is 0.145 e. The Hall–Kier alpha value is -5.42. The molecule has 248 valence electrons. The van der Waals surface area contributed by atoms with Crippen molar-refractivity contribution < 1.29 is 4.74 Å². The van der Waals surface area contributed by atoms with Gasteiger partial charge >= 0.3 is 0 Å². The molecule has 5 heteroatoms. The number of benzene rings is 4. The van der Waals surface area contributed by atoms with Crippen molar-refractivity contribution in [2.45, 2.75) is 71.6 Å². The second kappa shape index (κ2) is 10.3. The molecule has 4 aromatic heterocycles. The molecular weight excluding hydrogens is 613 g/mol. The highest BCUT2D eigenvalue weighted by molar-refractivity contribution is 6.12. The third-order valence-electron chi connectivity index (χ3n) is 10.7. The first-order valence-corrected chi connectivity index (χ1v) is 17.6. The van der Waals surface area contributed by atoms with Crippen LogP contribution in [0.5, 0.6) is 11.5 Å². The third kappa shape index (κ3) is 4.45. The summed E-state index contributed by atoms with van der Waals surface area (Å²) in [7, 11) is 0. The minimum Gasteiger partial charge on any atom is -0.457 e. The summed E-state index contributed by atoms with van der Waals surface area (Å²) in [6, 6.07) is 34.9. The zero-order valence-corrected chi connectivity index (χ0v) is 30.1. The lowest BCUT2D eigenvalue weighted by Crippen LogP contribution is -2.28. The Labute approximate surface area is 293 Å². The molecule has 0 spiro atoms. The van der Waals surface area contributed by atoms with Gasteiger partial charge in [-0.2, -0.15) is 0 Å². The molecule has 0 radical (unpaired) electrons. The molecule has 0 bridgehead atoms. The second-order valence-corrected chi connectivity index (χ2v) is 16.5. The number of rotatable bonds is 3. The van der Waals surface area contributed by atoms with E-state index in [4.69, 9.17) is 14.7 Å². The minimum atomic E-state index is -0.196. The number of aromatic nitrogens is 4. The van der Waals surface area contributed by atoms with E-state index in [0.717, 1.165) is 45.1 Å². The molecule has 4 aromatic carbocycles. The zero-order chi connectivity index (χ0) is 34.7. The van der Waals surface area contributed by atoms with Crippen LogP contribution in [0.4, 0.5) is 0 Å². The molecule has 0 aliphatic carbocycles. The Morgan fingerprint density at radius 3 is 2.06 bits per heavy atom. The van der Waals surface area contributed by atoms with Crippen molar-refractivity contribution in [3.8, 4) is 23.0 Å². The van der Waals surface area contributed by atoms with Crippen LogP contribution in [-0.4, -0.2) is 19.1 Å². The Balaban J connectivity index is 1.26. The largest absolute Gasteiger partial charge is 0.457 e. The monoisotopic (exact) mass is 654 g/mol. The summed E-state index contributed by atoms with van der Waals surface area (Å²) in [6.45, 7) is 18.3. The van der Waals surface area contributed by atoms with E-state index in [1.807, 2.05) is 18.5 Å². The topological polar surface area (TPSA) is 44.9 Å². The summed E-state index contributed by atoms with van der Waals surface area (Å²) >= 11 is 0. The fourth-order valence-electron chi connectivity index (χ4n) is 7.92. The third-order valence-corrected chi connectivity index (χ3v) is 10.7. The van der Waals surface area contributed by atoms with E-state index in [0.29, 0.717) is 0 Å². The SMILES string of the molecule is CC(C)(C)c1cc(Oc2ccc3c4cc(C(C)(C)C)cc5c4n(c3c2)-c2ncccc2C5(C)C)cc(-n2c3ccccc3c3cccnc32)c1. The molecule has 1 aliphatic heterocycles. The standard InChI is InChI=1S/C45H42N4O/c1-43(2,3)27-21-29(48-38-16-10-9-13-32(38)34-14-11-19-46-41(34)48)25-31(22-27)50-30-17-18-33-35-23-28(44(4,5)6)24-37-40(35)49(39(33)26-30)42-36(45(37,7)8)15-12-20-47-42/h9-26H,1-8H3. The minimum absolute atomic E-state index is 0.00906. The molecule has 1 aliphatic rings. The molecule has 0 N–H and O–H groups in total. The molecule has 5 nitrogen and oxygen atoms in total. The number of hydrogen-bond donors (Lipinski definition) is 0. The number of fused-ring (bicyclic) bond motifs is 8. The van der Waals surface area contributed by atoms with E-state index in [9.17, 15) is 0 Å². The number of hydrogen-bond acceptors (Lipinski definition) is 3. The van der Waals surface area contributed by atoms with Gasteiger partial charge in [-0.05, 0) is 82.1 Å². The predicted octanol–water partition coefficient (Wildman–Crippen LogP) is 11.7. The molecule has 0 saturated carbocycles. The normalized spacial score (nSPS) is 14.2. The van der Waals surface area contributed by atoms with Gasteiger partial charge in [-0.3, -0.25) is 9.13 Å². The van der Waals surface area contributed by atoms with Crippen LogP contribution >= 0.6 is 0 Å². The van der Waals surface area contributed by atoms with Crippen molar-refractivity contribution in [3.05, 3.63) is 132 Å². The van der Waals surface area contributed by atoms with E-state index < -0.39 is 0 Å². The molecule has 0 amide bonds. The van der Waals surface area contributed by atoms with Gasteiger partial charge < -0.3 is 4.74 Å². The number of pyridine rings is 2. The van der Waals surface area contributed by atoms with Crippen LogP contribution in [0.15, 0.2) is 109 Å². The highest BCUT2D eigenvalue weighted by atomic mass is 16.5. The summed E-state index contributed by atoms with van der Waals surface area (Å²) in [6.07, 6.45) is 3.78. The maximum absolute atomic E-state index is 6.87. The van der Waals surface area contributed by atoms with Crippen molar-refractivity contribution in [3.63, 3.8) is 0 Å². The highest BCUT2D eigenvalue weighted by Gasteiger charge is 2.37. The van der Waals surface area contributed by atoms with Crippen molar-refractivity contribution >= 4 is 43.7 Å². The van der Waals surface area contributed by atoms with Crippen LogP contribution in [0.2, 0.25) is 0 Å². The van der Waals surface area contributed by atoms with Crippen molar-refractivity contribution in [1.29, 1.82) is 0 Å². The van der Waals surface area contributed by atoms with Gasteiger partial charge in [0.1, 0.15) is 23.0 Å². The summed E-state index contributed by atoms with van der Waals surface area (Å²) in [5.74, 6) is 2.56. The van der Waals surface area contributed by atoms with E-state index in [1.54, 1.807) is 0 Å². The van der Waals surface area contributed by atoms with Crippen LogP contribution < -0.4 is 4.74 Å². The van der Waals surface area contributed by atoms with E-state index in [1.165, 1.54) is 43.9 Å². The Bertz CT molecular complexity index is 2620. The molecule has 8 aromatic rings. The fourth-order valence-corrected chi connectivity index (χ4v) is 7.92. The average Bonchev–Trinajstić information content (AvgIpc) is 3.59. The smallest absolute Gasteiger partial charge is 0.145 e. The second-order valence-electron chi connectivity index (χ2n) is 16.5. The zero-order valence-electron chi connectivity index (χ0n) is 30.1. The molecule has 5 heterocycles. The lowest BCUT2D eigenvalue weighted by atomic mass is 9.73. The number of para-hydroxylation sites is 1. The van der Waals surface area contributed by atoms with Gasteiger partial charge in [0.05, 0.1) is 22.2 Å². The molecule has 9 rings (SSSR count). The fraction of sp³-hybridized carbons (Fsp3) is 0.244. The Kier molecular flexibility index (Phi) is 6.31. The first-order chi connectivity index (χ1) is 23.8. The van der Waals surface area contributed by atoms with Crippen LogP contribution in [-0.2, 0) is 16.2 Å². The molecule has 50 heavy (non-hydrogen) atoms. The maximum atomic E-state index is 6.87. The Morgan fingerprint density at radius 1 is 0.560 bits per heavy atom. The van der Waals surface area contributed by atoms with Gasteiger partial charge in [0, 0.05) is 57.0 Å². The van der Waals surface area contributed by atoms with Gasteiger partial charge in [-0.15, -0.1) is 0 Å². The predicted molar refractivity (Wildman–Crippen MR) is 207 cm³/mol. The van der Waals surface area contributed by atoms with Gasteiger partial charge in [-0.25, -0.2) is 9.97 Å². The quantitative estimate of drug-likeness (QED) is 0.190. The molecule has 0 atom stereocenters. The first-order valence-electron chi connectivity index (χ1n) is 17.6. The lowest BCUT2D eigenvalue weighted by Gasteiger charge is -2.35. The first kappa shape index (κ1) is 30.6. The molecule has 0 saturated heterocycles. The van der Waals surface area contributed by atoms with Crippen LogP contribution in [0.25, 0.3) is 55.2 Å². The van der Waals surface area contributed by atoms with Crippen molar-refractivity contribution in [1.82, 2.24) is 19.1 Å². The highest BCUT2D eigenvalue weighted by Crippen LogP contribution is 2.49. The summed E-state index contributed by atoms with van der Waals surface area (Å²) in [5, 5.41) is 4.78. The Morgan fingerprint density at radius 2 is 1.26 bits per heavy atom. The van der Waals surface area contributed by atoms with Crippen molar-refractivity contribution in [2.24, 2.45) is 0 Å². The number of nitrogens with zero attached hydrogens (tertiary/aromatic N) is 4.